The Balaban J connectivity index is 1.93. The second-order valence-corrected chi connectivity index (χ2v) is 5.49. The largest absolute Gasteiger partial charge is 0.356 e. The summed E-state index contributed by atoms with van der Waals surface area (Å²) in [5, 5.41) is 3.83. The maximum Gasteiger partial charge on any atom is 0.268 e. The summed E-state index contributed by atoms with van der Waals surface area (Å²) in [5.74, 6) is -0.114. The van der Waals surface area contributed by atoms with Crippen molar-refractivity contribution in [2.75, 3.05) is 0 Å². The minimum absolute atomic E-state index is 0.114. The molecule has 2 N–H and O–H groups in total. The van der Waals surface area contributed by atoms with Crippen molar-refractivity contribution in [2.24, 2.45) is 0 Å². The number of aromatic nitrogens is 2. The zero-order valence-corrected chi connectivity index (χ0v) is 11.0. The minimum Gasteiger partial charge on any atom is -0.356 e. The van der Waals surface area contributed by atoms with Crippen molar-refractivity contribution in [3.63, 3.8) is 0 Å². The van der Waals surface area contributed by atoms with Gasteiger partial charge in [0.15, 0.2) is 0 Å². The molecular weight excluding hydrogens is 290 g/mol. The Hall–Kier alpha value is -1.14. The molecule has 84 valence electrons. The predicted octanol–water partition coefficient (Wildman–Crippen LogP) is 2.47. The Kier molecular flexibility index (Phi) is 3.40. The van der Waals surface area contributed by atoms with Gasteiger partial charge in [-0.1, -0.05) is 0 Å². The summed E-state index contributed by atoms with van der Waals surface area (Å²) in [6, 6.07) is 1.74. The standard InChI is InChI=1S/C10H10BrN3OS/c1-6-12-4-8(16-6)5-14-10(15)9-2-7(11)3-13-9/h2-4,13H,5H2,1H3,(H,14,15). The monoisotopic (exact) mass is 299 g/mol. The van der Waals surface area contributed by atoms with Gasteiger partial charge >= 0.3 is 0 Å². The first-order valence-electron chi connectivity index (χ1n) is 4.68. The molecule has 0 aliphatic carbocycles. The van der Waals surface area contributed by atoms with Crippen LogP contribution in [0.15, 0.2) is 22.9 Å². The fraction of sp³-hybridized carbons (Fsp3) is 0.200. The fourth-order valence-electron chi connectivity index (χ4n) is 1.25. The minimum atomic E-state index is -0.114. The van der Waals surface area contributed by atoms with Gasteiger partial charge in [-0.25, -0.2) is 4.98 Å². The molecule has 0 spiro atoms. The van der Waals surface area contributed by atoms with E-state index in [1.54, 1.807) is 29.8 Å². The van der Waals surface area contributed by atoms with Crippen LogP contribution in [0.4, 0.5) is 0 Å². The van der Waals surface area contributed by atoms with Crippen LogP contribution in [0.2, 0.25) is 0 Å². The molecule has 0 atom stereocenters. The third-order valence-electron chi connectivity index (χ3n) is 1.98. The Morgan fingerprint density at radius 2 is 2.50 bits per heavy atom. The van der Waals surface area contributed by atoms with E-state index in [1.165, 1.54) is 0 Å². The summed E-state index contributed by atoms with van der Waals surface area (Å²) in [4.78, 5) is 19.7. The molecule has 0 saturated carbocycles. The molecule has 0 fully saturated rings. The van der Waals surface area contributed by atoms with Crippen molar-refractivity contribution in [3.8, 4) is 0 Å². The molecule has 0 aromatic carbocycles. The average molecular weight is 300 g/mol. The molecule has 6 heteroatoms. The molecule has 0 aliphatic rings. The zero-order valence-electron chi connectivity index (χ0n) is 8.58. The summed E-state index contributed by atoms with van der Waals surface area (Å²) < 4.78 is 0.867. The molecule has 2 rings (SSSR count). The third kappa shape index (κ3) is 2.70. The number of hydrogen-bond acceptors (Lipinski definition) is 3. The van der Waals surface area contributed by atoms with Gasteiger partial charge in [-0.05, 0) is 28.9 Å². The highest BCUT2D eigenvalue weighted by Crippen LogP contribution is 2.12. The van der Waals surface area contributed by atoms with Gasteiger partial charge in [0.2, 0.25) is 0 Å². The number of aromatic amines is 1. The molecule has 2 aromatic heterocycles. The lowest BCUT2D eigenvalue weighted by molar-refractivity contribution is 0.0947. The Morgan fingerprint density at radius 1 is 1.69 bits per heavy atom. The second kappa shape index (κ2) is 4.80. The van der Waals surface area contributed by atoms with E-state index in [-0.39, 0.29) is 5.91 Å². The van der Waals surface area contributed by atoms with Gasteiger partial charge < -0.3 is 10.3 Å². The van der Waals surface area contributed by atoms with Crippen LogP contribution in [0.3, 0.4) is 0 Å². The predicted molar refractivity (Wildman–Crippen MR) is 66.5 cm³/mol. The first-order valence-corrected chi connectivity index (χ1v) is 6.29. The summed E-state index contributed by atoms with van der Waals surface area (Å²) in [6.07, 6.45) is 3.51. The van der Waals surface area contributed by atoms with Crippen LogP contribution < -0.4 is 5.32 Å². The van der Waals surface area contributed by atoms with Crippen LogP contribution in [0, 0.1) is 6.92 Å². The van der Waals surface area contributed by atoms with Crippen LogP contribution in [-0.2, 0) is 6.54 Å². The van der Waals surface area contributed by atoms with Crippen LogP contribution >= 0.6 is 27.3 Å². The van der Waals surface area contributed by atoms with E-state index < -0.39 is 0 Å². The molecule has 0 saturated heterocycles. The SMILES string of the molecule is Cc1ncc(CNC(=O)c2cc(Br)c[nH]2)s1. The number of nitrogens with zero attached hydrogens (tertiary/aromatic N) is 1. The highest BCUT2D eigenvalue weighted by atomic mass is 79.9. The Bertz CT molecular complexity index is 506. The molecule has 16 heavy (non-hydrogen) atoms. The molecule has 0 unspecified atom stereocenters. The maximum absolute atomic E-state index is 11.7. The van der Waals surface area contributed by atoms with E-state index in [1.807, 2.05) is 6.92 Å². The second-order valence-electron chi connectivity index (χ2n) is 3.26. The lowest BCUT2D eigenvalue weighted by Gasteiger charge is -2.00. The number of halogens is 1. The van der Waals surface area contributed by atoms with Crippen molar-refractivity contribution in [1.82, 2.24) is 15.3 Å². The van der Waals surface area contributed by atoms with E-state index in [2.05, 4.69) is 31.2 Å². The van der Waals surface area contributed by atoms with Gasteiger partial charge in [0.25, 0.3) is 5.91 Å². The molecule has 2 aromatic rings. The molecular formula is C10H10BrN3OS. The number of carbonyl (C=O) groups excluding carboxylic acids is 1. The summed E-state index contributed by atoms with van der Waals surface area (Å²) >= 11 is 4.87. The van der Waals surface area contributed by atoms with Crippen LogP contribution in [0.5, 0.6) is 0 Å². The number of rotatable bonds is 3. The van der Waals surface area contributed by atoms with E-state index in [9.17, 15) is 4.79 Å². The van der Waals surface area contributed by atoms with E-state index >= 15 is 0 Å². The van der Waals surface area contributed by atoms with Crippen LogP contribution in [0.1, 0.15) is 20.4 Å². The molecule has 2 heterocycles. The van der Waals surface area contributed by atoms with Crippen molar-refractivity contribution in [1.29, 1.82) is 0 Å². The highest BCUT2D eigenvalue weighted by molar-refractivity contribution is 9.10. The lowest BCUT2D eigenvalue weighted by Crippen LogP contribution is -2.22. The average Bonchev–Trinajstić information content (AvgIpc) is 2.84. The topological polar surface area (TPSA) is 57.8 Å². The first-order chi connectivity index (χ1) is 7.65. The van der Waals surface area contributed by atoms with E-state index in [0.29, 0.717) is 12.2 Å². The molecule has 0 bridgehead atoms. The van der Waals surface area contributed by atoms with Crippen LogP contribution in [-0.4, -0.2) is 15.9 Å². The van der Waals surface area contributed by atoms with Gasteiger partial charge in [-0.3, -0.25) is 4.79 Å². The van der Waals surface area contributed by atoms with Gasteiger partial charge in [0.05, 0.1) is 11.6 Å². The third-order valence-corrected chi connectivity index (χ3v) is 3.36. The molecule has 0 aliphatic heterocycles. The van der Waals surface area contributed by atoms with Crippen molar-refractivity contribution in [2.45, 2.75) is 13.5 Å². The number of carbonyl (C=O) groups is 1. The van der Waals surface area contributed by atoms with Gasteiger partial charge in [-0.15, -0.1) is 11.3 Å². The smallest absolute Gasteiger partial charge is 0.268 e. The van der Waals surface area contributed by atoms with Crippen molar-refractivity contribution < 1.29 is 4.79 Å². The summed E-state index contributed by atoms with van der Waals surface area (Å²) in [5.41, 5.74) is 0.549. The quantitative estimate of drug-likeness (QED) is 0.915. The molecule has 1 amide bonds. The van der Waals surface area contributed by atoms with Gasteiger partial charge in [0, 0.05) is 21.7 Å². The number of aryl methyl sites for hydroxylation is 1. The van der Waals surface area contributed by atoms with Gasteiger partial charge in [0.1, 0.15) is 5.69 Å². The van der Waals surface area contributed by atoms with E-state index in [0.717, 1.165) is 14.4 Å². The van der Waals surface area contributed by atoms with Crippen LogP contribution in [0.25, 0.3) is 0 Å². The molecule has 0 radical (unpaired) electrons. The summed E-state index contributed by atoms with van der Waals surface area (Å²) in [6.45, 7) is 2.46. The first kappa shape index (κ1) is 11.3. The lowest BCUT2D eigenvalue weighted by atomic mass is 10.4. The van der Waals surface area contributed by atoms with Crippen molar-refractivity contribution in [3.05, 3.63) is 38.5 Å². The Labute approximate surface area is 105 Å². The number of thiazole rings is 1. The number of amides is 1. The maximum atomic E-state index is 11.7. The fourth-order valence-corrected chi connectivity index (χ4v) is 2.33. The summed E-state index contributed by atoms with van der Waals surface area (Å²) in [7, 11) is 0. The zero-order chi connectivity index (χ0) is 11.5. The van der Waals surface area contributed by atoms with Gasteiger partial charge in [-0.2, -0.15) is 0 Å². The molecule has 4 nitrogen and oxygen atoms in total. The Morgan fingerprint density at radius 3 is 3.06 bits per heavy atom. The highest BCUT2D eigenvalue weighted by Gasteiger charge is 2.07. The number of hydrogen-bond donors (Lipinski definition) is 2. The van der Waals surface area contributed by atoms with Crippen molar-refractivity contribution >= 4 is 33.2 Å². The van der Waals surface area contributed by atoms with E-state index in [4.69, 9.17) is 0 Å². The number of H-pyrrole nitrogens is 1. The number of nitrogens with one attached hydrogen (secondary N) is 2. The normalized spacial score (nSPS) is 10.4.